The largest absolute Gasteiger partial charge is 0.483 e. The number of aliphatic hydroxyl groups is 1. The van der Waals surface area contributed by atoms with Gasteiger partial charge in [0.05, 0.1) is 6.10 Å². The van der Waals surface area contributed by atoms with E-state index in [-0.39, 0.29) is 12.6 Å². The van der Waals surface area contributed by atoms with Crippen molar-refractivity contribution in [1.82, 2.24) is 9.88 Å². The Morgan fingerprint density at radius 2 is 2.14 bits per heavy atom. The molecule has 2 rings (SSSR count). The van der Waals surface area contributed by atoms with Crippen LogP contribution in [-0.4, -0.2) is 58.9 Å². The van der Waals surface area contributed by atoms with Gasteiger partial charge in [-0.05, 0) is 37.9 Å². The molecule has 0 spiro atoms. The lowest BCUT2D eigenvalue weighted by Crippen LogP contribution is -2.36. The maximum absolute atomic E-state index is 9.42. The molecular formula is C15H22N4O3. The number of hydrogen-bond acceptors (Lipinski definition) is 6. The van der Waals surface area contributed by atoms with E-state index in [1.807, 2.05) is 18.2 Å². The minimum atomic E-state index is -0.250. The van der Waals surface area contributed by atoms with Crippen molar-refractivity contribution in [3.63, 3.8) is 0 Å². The van der Waals surface area contributed by atoms with E-state index < -0.39 is 0 Å². The molecule has 1 saturated heterocycles. The fourth-order valence-corrected chi connectivity index (χ4v) is 2.26. The van der Waals surface area contributed by atoms with Crippen molar-refractivity contribution in [2.75, 3.05) is 31.5 Å². The van der Waals surface area contributed by atoms with E-state index in [1.54, 1.807) is 6.07 Å². The monoisotopic (exact) mass is 306 g/mol. The zero-order valence-electron chi connectivity index (χ0n) is 12.5. The van der Waals surface area contributed by atoms with Crippen molar-refractivity contribution in [3.8, 4) is 6.07 Å². The highest BCUT2D eigenvalue weighted by Crippen LogP contribution is 2.10. The molecule has 1 aliphatic rings. The number of anilines is 1. The third-order valence-corrected chi connectivity index (χ3v) is 3.38. The average Bonchev–Trinajstić information content (AvgIpc) is 2.54. The van der Waals surface area contributed by atoms with E-state index in [0.717, 1.165) is 51.3 Å². The van der Waals surface area contributed by atoms with Crippen LogP contribution in [0.15, 0.2) is 18.2 Å². The second kappa shape index (κ2) is 10.5. The van der Waals surface area contributed by atoms with Gasteiger partial charge in [-0.2, -0.15) is 5.26 Å². The Balaban J connectivity index is 0.000000745. The molecule has 0 atom stereocenters. The lowest BCUT2D eigenvalue weighted by Gasteiger charge is -2.29. The molecule has 1 aromatic rings. The van der Waals surface area contributed by atoms with Crippen LogP contribution in [0.4, 0.5) is 5.82 Å². The lowest BCUT2D eigenvalue weighted by molar-refractivity contribution is -0.122. The number of carboxylic acid groups (broad SMARTS) is 1. The van der Waals surface area contributed by atoms with Crippen LogP contribution in [-0.2, 0) is 4.79 Å². The molecule has 2 heterocycles. The quantitative estimate of drug-likeness (QED) is 0.548. The Morgan fingerprint density at radius 3 is 2.77 bits per heavy atom. The van der Waals surface area contributed by atoms with Gasteiger partial charge in [-0.25, -0.2) is 4.98 Å². The number of hydrogen-bond donors (Lipinski definition) is 3. The van der Waals surface area contributed by atoms with Gasteiger partial charge in [0.1, 0.15) is 17.6 Å². The molecule has 0 amide bonds. The van der Waals surface area contributed by atoms with Gasteiger partial charge in [-0.3, -0.25) is 4.79 Å². The molecule has 7 heteroatoms. The number of rotatable bonds is 5. The van der Waals surface area contributed by atoms with E-state index in [1.165, 1.54) is 0 Å². The zero-order valence-corrected chi connectivity index (χ0v) is 12.5. The SMILES string of the molecule is N#Cc1cccc(NCCCN2CCC(O)CC2)n1.O=CO. The second-order valence-corrected chi connectivity index (χ2v) is 4.98. The van der Waals surface area contributed by atoms with Crippen molar-refractivity contribution < 1.29 is 15.0 Å². The second-order valence-electron chi connectivity index (χ2n) is 4.98. The minimum absolute atomic E-state index is 0.104. The van der Waals surface area contributed by atoms with Gasteiger partial charge >= 0.3 is 0 Å². The number of nitriles is 1. The molecule has 0 aromatic carbocycles. The van der Waals surface area contributed by atoms with E-state index in [4.69, 9.17) is 15.2 Å². The van der Waals surface area contributed by atoms with Crippen LogP contribution in [0.25, 0.3) is 0 Å². The number of nitrogens with zero attached hydrogens (tertiary/aromatic N) is 3. The Bertz CT molecular complexity index is 482. The third kappa shape index (κ3) is 7.02. The number of nitrogens with one attached hydrogen (secondary N) is 1. The van der Waals surface area contributed by atoms with Gasteiger partial charge in [0, 0.05) is 19.6 Å². The Kier molecular flexibility index (Phi) is 8.57. The van der Waals surface area contributed by atoms with E-state index in [0.29, 0.717) is 5.69 Å². The summed E-state index contributed by atoms with van der Waals surface area (Å²) in [5, 5.41) is 28.3. The minimum Gasteiger partial charge on any atom is -0.483 e. The van der Waals surface area contributed by atoms with E-state index in [9.17, 15) is 5.11 Å². The highest BCUT2D eigenvalue weighted by molar-refractivity contribution is 5.38. The van der Waals surface area contributed by atoms with Crippen LogP contribution in [0.1, 0.15) is 25.0 Å². The summed E-state index contributed by atoms with van der Waals surface area (Å²) >= 11 is 0. The molecule has 22 heavy (non-hydrogen) atoms. The van der Waals surface area contributed by atoms with Crippen LogP contribution < -0.4 is 5.32 Å². The molecule has 120 valence electrons. The van der Waals surface area contributed by atoms with Crippen molar-refractivity contribution >= 4 is 12.3 Å². The summed E-state index contributed by atoms with van der Waals surface area (Å²) in [7, 11) is 0. The first-order valence-corrected chi connectivity index (χ1v) is 7.29. The number of pyridine rings is 1. The molecule has 1 aliphatic heterocycles. The third-order valence-electron chi connectivity index (χ3n) is 3.38. The molecule has 7 nitrogen and oxygen atoms in total. The number of piperidine rings is 1. The fraction of sp³-hybridized carbons (Fsp3) is 0.533. The smallest absolute Gasteiger partial charge is 0.290 e. The number of likely N-dealkylation sites (tertiary alicyclic amines) is 1. The van der Waals surface area contributed by atoms with Crippen molar-refractivity contribution in [1.29, 1.82) is 5.26 Å². The maximum atomic E-state index is 9.42. The first kappa shape index (κ1) is 17.9. The molecular weight excluding hydrogens is 284 g/mol. The molecule has 1 aromatic heterocycles. The summed E-state index contributed by atoms with van der Waals surface area (Å²) < 4.78 is 0. The summed E-state index contributed by atoms with van der Waals surface area (Å²) in [5.41, 5.74) is 0.440. The topological polar surface area (TPSA) is 109 Å². The molecule has 0 radical (unpaired) electrons. The Morgan fingerprint density at radius 1 is 1.45 bits per heavy atom. The Labute approximate surface area is 130 Å². The normalized spacial score (nSPS) is 15.3. The standard InChI is InChI=1S/C14H20N4O.CH2O2/c15-11-12-3-1-4-14(17-12)16-7-2-8-18-9-5-13(19)6-10-18;2-1-3/h1,3-4,13,19H,2,5-10H2,(H,16,17);1H,(H,2,3). The predicted molar refractivity (Wildman–Crippen MR) is 82.4 cm³/mol. The fourth-order valence-electron chi connectivity index (χ4n) is 2.26. The highest BCUT2D eigenvalue weighted by Gasteiger charge is 2.15. The van der Waals surface area contributed by atoms with E-state index >= 15 is 0 Å². The van der Waals surface area contributed by atoms with Gasteiger partial charge in [0.15, 0.2) is 0 Å². The predicted octanol–water partition coefficient (Wildman–Crippen LogP) is 0.913. The molecule has 0 aliphatic carbocycles. The average molecular weight is 306 g/mol. The zero-order chi connectivity index (χ0) is 16.2. The van der Waals surface area contributed by atoms with Gasteiger partial charge in [-0.1, -0.05) is 6.07 Å². The first-order valence-electron chi connectivity index (χ1n) is 7.29. The van der Waals surface area contributed by atoms with Crippen molar-refractivity contribution in [2.24, 2.45) is 0 Å². The van der Waals surface area contributed by atoms with Crippen molar-refractivity contribution in [3.05, 3.63) is 23.9 Å². The lowest BCUT2D eigenvalue weighted by atomic mass is 10.1. The summed E-state index contributed by atoms with van der Waals surface area (Å²) in [4.78, 5) is 14.9. The molecule has 0 saturated carbocycles. The van der Waals surface area contributed by atoms with Crippen LogP contribution >= 0.6 is 0 Å². The molecule has 1 fully saturated rings. The Hall–Kier alpha value is -2.17. The number of carbonyl (C=O) groups is 1. The van der Waals surface area contributed by atoms with Crippen LogP contribution in [0.3, 0.4) is 0 Å². The molecule has 3 N–H and O–H groups in total. The number of aliphatic hydroxyl groups excluding tert-OH is 1. The van der Waals surface area contributed by atoms with E-state index in [2.05, 4.69) is 15.2 Å². The number of aromatic nitrogens is 1. The van der Waals surface area contributed by atoms with Gasteiger partial charge < -0.3 is 20.4 Å². The van der Waals surface area contributed by atoms with Gasteiger partial charge in [0.25, 0.3) is 6.47 Å². The van der Waals surface area contributed by atoms with Crippen LogP contribution in [0.5, 0.6) is 0 Å². The first-order chi connectivity index (χ1) is 10.7. The maximum Gasteiger partial charge on any atom is 0.290 e. The molecule has 0 bridgehead atoms. The van der Waals surface area contributed by atoms with Gasteiger partial charge in [-0.15, -0.1) is 0 Å². The van der Waals surface area contributed by atoms with Gasteiger partial charge in [0.2, 0.25) is 0 Å². The summed E-state index contributed by atoms with van der Waals surface area (Å²) in [6, 6.07) is 7.44. The molecule has 0 unspecified atom stereocenters. The summed E-state index contributed by atoms with van der Waals surface area (Å²) in [6.07, 6.45) is 2.71. The van der Waals surface area contributed by atoms with Crippen LogP contribution in [0, 0.1) is 11.3 Å². The highest BCUT2D eigenvalue weighted by atomic mass is 16.3. The summed E-state index contributed by atoms with van der Waals surface area (Å²) in [6.45, 7) is 3.62. The van der Waals surface area contributed by atoms with Crippen LogP contribution in [0.2, 0.25) is 0 Å². The summed E-state index contributed by atoms with van der Waals surface area (Å²) in [5.74, 6) is 0.758. The van der Waals surface area contributed by atoms with Crippen molar-refractivity contribution in [2.45, 2.75) is 25.4 Å².